The second-order valence-corrected chi connectivity index (χ2v) is 4.59. The van der Waals surface area contributed by atoms with Crippen molar-refractivity contribution in [3.05, 3.63) is 11.7 Å². The number of esters is 1. The van der Waals surface area contributed by atoms with Crippen LogP contribution in [0.4, 0.5) is 4.79 Å². The summed E-state index contributed by atoms with van der Waals surface area (Å²) in [6.45, 7) is 7.13. The Bertz CT molecular complexity index is 449. The largest absolute Gasteiger partial charge is 0.459 e. The number of nitrogens with zero attached hydrogens (tertiary/aromatic N) is 2. The Labute approximate surface area is 110 Å². The number of hydrogen-bond acceptors (Lipinski definition) is 7. The Morgan fingerprint density at radius 1 is 1.37 bits per heavy atom. The number of alkyl carbamates (subject to hydrolysis) is 1. The quantitative estimate of drug-likeness (QED) is 0.822. The van der Waals surface area contributed by atoms with Crippen LogP contribution in [0, 0.1) is 0 Å². The van der Waals surface area contributed by atoms with E-state index in [9.17, 15) is 9.59 Å². The molecule has 0 saturated carbocycles. The summed E-state index contributed by atoms with van der Waals surface area (Å²) in [6.07, 6.45) is -0.602. The lowest BCUT2D eigenvalue weighted by atomic mass is 10.2. The summed E-state index contributed by atoms with van der Waals surface area (Å²) in [5.41, 5.74) is -0.586. The van der Waals surface area contributed by atoms with Crippen LogP contribution in [0.25, 0.3) is 0 Å². The van der Waals surface area contributed by atoms with Crippen molar-refractivity contribution in [2.75, 3.05) is 6.61 Å². The molecule has 0 aliphatic carbocycles. The maximum Gasteiger partial charge on any atom is 0.408 e. The minimum atomic E-state index is -0.696. The highest BCUT2D eigenvalue weighted by Crippen LogP contribution is 2.06. The predicted molar refractivity (Wildman–Crippen MR) is 63.3 cm³/mol. The molecule has 0 unspecified atom stereocenters. The standard InChI is InChI=1S/C11H17N3O5/c1-5-17-9(15)8-13-7(14-19-8)6-12-10(16)18-11(2,3)4/h5-6H2,1-4H3,(H,12,16). The van der Waals surface area contributed by atoms with E-state index in [0.29, 0.717) is 0 Å². The van der Waals surface area contributed by atoms with Crippen molar-refractivity contribution in [3.8, 4) is 0 Å². The molecule has 0 fully saturated rings. The van der Waals surface area contributed by atoms with Crippen molar-refractivity contribution < 1.29 is 23.6 Å². The molecule has 0 bridgehead atoms. The smallest absolute Gasteiger partial charge is 0.408 e. The Balaban J connectivity index is 2.46. The highest BCUT2D eigenvalue weighted by atomic mass is 16.6. The molecule has 1 heterocycles. The van der Waals surface area contributed by atoms with Gasteiger partial charge < -0.3 is 19.3 Å². The molecule has 106 valence electrons. The molecule has 0 aromatic carbocycles. The molecule has 0 aliphatic heterocycles. The first-order valence-electron chi connectivity index (χ1n) is 5.78. The van der Waals surface area contributed by atoms with Crippen LogP contribution in [0.15, 0.2) is 4.52 Å². The van der Waals surface area contributed by atoms with E-state index >= 15 is 0 Å². The van der Waals surface area contributed by atoms with Crippen LogP contribution in [-0.4, -0.2) is 34.4 Å². The van der Waals surface area contributed by atoms with Crippen LogP contribution in [0.5, 0.6) is 0 Å². The van der Waals surface area contributed by atoms with E-state index in [1.165, 1.54) is 0 Å². The van der Waals surface area contributed by atoms with Gasteiger partial charge in [-0.15, -0.1) is 0 Å². The number of rotatable bonds is 4. The van der Waals surface area contributed by atoms with Gasteiger partial charge in [-0.3, -0.25) is 0 Å². The summed E-state index contributed by atoms with van der Waals surface area (Å²) in [6, 6.07) is 0. The third-order valence-electron chi connectivity index (χ3n) is 1.71. The molecule has 1 rings (SSSR count). The topological polar surface area (TPSA) is 104 Å². The van der Waals surface area contributed by atoms with Gasteiger partial charge in [0.25, 0.3) is 0 Å². The normalized spacial score (nSPS) is 10.9. The molecule has 0 aliphatic rings. The van der Waals surface area contributed by atoms with Gasteiger partial charge in [0, 0.05) is 0 Å². The first-order valence-corrected chi connectivity index (χ1v) is 5.78. The van der Waals surface area contributed by atoms with Crippen molar-refractivity contribution in [1.82, 2.24) is 15.5 Å². The lowest BCUT2D eigenvalue weighted by Gasteiger charge is -2.19. The zero-order valence-electron chi connectivity index (χ0n) is 11.3. The number of carbonyl (C=O) groups is 2. The van der Waals surface area contributed by atoms with E-state index in [1.807, 2.05) is 0 Å². The molecule has 1 amide bonds. The maximum atomic E-state index is 11.4. The minimum Gasteiger partial charge on any atom is -0.459 e. The number of carbonyl (C=O) groups excluding carboxylic acids is 2. The van der Waals surface area contributed by atoms with Crippen LogP contribution in [0.1, 0.15) is 44.2 Å². The minimum absolute atomic E-state index is 0.00216. The zero-order chi connectivity index (χ0) is 14.5. The van der Waals surface area contributed by atoms with Crippen molar-refractivity contribution in [2.24, 2.45) is 0 Å². The SMILES string of the molecule is CCOC(=O)c1nc(CNC(=O)OC(C)(C)C)no1. The van der Waals surface area contributed by atoms with Gasteiger partial charge in [-0.25, -0.2) is 9.59 Å². The first-order chi connectivity index (χ1) is 8.81. The van der Waals surface area contributed by atoms with Crippen LogP contribution in [-0.2, 0) is 16.0 Å². The number of nitrogens with one attached hydrogen (secondary N) is 1. The average Bonchev–Trinajstić information content (AvgIpc) is 2.73. The fraction of sp³-hybridized carbons (Fsp3) is 0.636. The van der Waals surface area contributed by atoms with Gasteiger partial charge in [0.2, 0.25) is 0 Å². The molecule has 0 spiro atoms. The second kappa shape index (κ2) is 6.17. The Hall–Kier alpha value is -2.12. The molecule has 1 aromatic rings. The first kappa shape index (κ1) is 14.9. The van der Waals surface area contributed by atoms with Crippen LogP contribution in [0.2, 0.25) is 0 Å². The van der Waals surface area contributed by atoms with Crippen LogP contribution in [0.3, 0.4) is 0 Å². The molecule has 19 heavy (non-hydrogen) atoms. The molecule has 0 saturated heterocycles. The van der Waals surface area contributed by atoms with Crippen molar-refractivity contribution in [2.45, 2.75) is 39.8 Å². The number of aromatic nitrogens is 2. The highest BCUT2D eigenvalue weighted by molar-refractivity contribution is 5.83. The summed E-state index contributed by atoms with van der Waals surface area (Å²) in [5.74, 6) is -0.782. The van der Waals surface area contributed by atoms with E-state index in [2.05, 4.69) is 24.7 Å². The van der Waals surface area contributed by atoms with Gasteiger partial charge in [0.15, 0.2) is 5.82 Å². The summed E-state index contributed by atoms with van der Waals surface area (Å²) in [7, 11) is 0. The number of amides is 1. The lowest BCUT2D eigenvalue weighted by molar-refractivity contribution is 0.0468. The molecular formula is C11H17N3O5. The molecular weight excluding hydrogens is 254 g/mol. The maximum absolute atomic E-state index is 11.4. The van der Waals surface area contributed by atoms with E-state index < -0.39 is 17.7 Å². The summed E-state index contributed by atoms with van der Waals surface area (Å²) < 4.78 is 14.4. The van der Waals surface area contributed by atoms with E-state index in [-0.39, 0.29) is 24.9 Å². The van der Waals surface area contributed by atoms with Crippen molar-refractivity contribution in [3.63, 3.8) is 0 Å². The van der Waals surface area contributed by atoms with E-state index in [4.69, 9.17) is 4.74 Å². The molecule has 0 atom stereocenters. The Kier molecular flexibility index (Phi) is 4.85. The van der Waals surface area contributed by atoms with Crippen LogP contribution >= 0.6 is 0 Å². The monoisotopic (exact) mass is 271 g/mol. The predicted octanol–water partition coefficient (Wildman–Crippen LogP) is 1.27. The van der Waals surface area contributed by atoms with Gasteiger partial charge >= 0.3 is 18.0 Å². The van der Waals surface area contributed by atoms with E-state index in [1.54, 1.807) is 27.7 Å². The molecule has 1 aromatic heterocycles. The fourth-order valence-electron chi connectivity index (χ4n) is 1.07. The van der Waals surface area contributed by atoms with Gasteiger partial charge in [-0.2, -0.15) is 4.98 Å². The van der Waals surface area contributed by atoms with Crippen LogP contribution < -0.4 is 5.32 Å². The van der Waals surface area contributed by atoms with Gasteiger partial charge in [-0.05, 0) is 27.7 Å². The molecule has 0 radical (unpaired) electrons. The summed E-state index contributed by atoms with van der Waals surface area (Å²) >= 11 is 0. The fourth-order valence-corrected chi connectivity index (χ4v) is 1.07. The lowest BCUT2D eigenvalue weighted by Crippen LogP contribution is -2.32. The van der Waals surface area contributed by atoms with Gasteiger partial charge in [0.05, 0.1) is 13.2 Å². The number of hydrogen-bond donors (Lipinski definition) is 1. The second-order valence-electron chi connectivity index (χ2n) is 4.59. The van der Waals surface area contributed by atoms with Gasteiger partial charge in [-0.1, -0.05) is 5.16 Å². The van der Waals surface area contributed by atoms with Crippen molar-refractivity contribution >= 4 is 12.1 Å². The summed E-state index contributed by atoms with van der Waals surface area (Å²) in [5, 5.41) is 5.97. The van der Waals surface area contributed by atoms with Crippen molar-refractivity contribution in [1.29, 1.82) is 0 Å². The third kappa shape index (κ3) is 5.36. The zero-order valence-corrected chi connectivity index (χ0v) is 11.3. The Morgan fingerprint density at radius 2 is 2.05 bits per heavy atom. The summed E-state index contributed by atoms with van der Waals surface area (Å²) in [4.78, 5) is 26.4. The molecule has 1 N–H and O–H groups in total. The molecule has 8 nitrogen and oxygen atoms in total. The highest BCUT2D eigenvalue weighted by Gasteiger charge is 2.18. The van der Waals surface area contributed by atoms with E-state index in [0.717, 1.165) is 0 Å². The molecule has 8 heteroatoms. The number of ether oxygens (including phenoxy) is 2. The third-order valence-corrected chi connectivity index (χ3v) is 1.71. The van der Waals surface area contributed by atoms with Gasteiger partial charge in [0.1, 0.15) is 5.60 Å². The Morgan fingerprint density at radius 3 is 2.63 bits per heavy atom. The average molecular weight is 271 g/mol.